The summed E-state index contributed by atoms with van der Waals surface area (Å²) >= 11 is 0. The summed E-state index contributed by atoms with van der Waals surface area (Å²) in [6.07, 6.45) is 7.97. The molecule has 1 N–H and O–H groups in total. The Morgan fingerprint density at radius 2 is 1.81 bits per heavy atom. The monoisotopic (exact) mass is 292 g/mol. The van der Waals surface area contributed by atoms with Crippen molar-refractivity contribution in [3.8, 4) is 0 Å². The number of hydrogen-bond acceptors (Lipinski definition) is 2. The molecular weight excluding hydrogens is 264 g/mol. The fourth-order valence-corrected chi connectivity index (χ4v) is 3.66. The Morgan fingerprint density at radius 3 is 2.48 bits per heavy atom. The molecule has 2 aliphatic carbocycles. The highest BCUT2D eigenvalue weighted by atomic mass is 16.2. The zero-order valence-electron chi connectivity index (χ0n) is 13.1. The number of hydrogen-bond donors (Lipinski definition) is 1. The van der Waals surface area contributed by atoms with Gasteiger partial charge in [-0.15, -0.1) is 0 Å². The van der Waals surface area contributed by atoms with Gasteiger partial charge in [0.25, 0.3) is 0 Å². The quantitative estimate of drug-likeness (QED) is 0.844. The van der Waals surface area contributed by atoms with E-state index in [-0.39, 0.29) is 17.7 Å². The van der Waals surface area contributed by atoms with Crippen molar-refractivity contribution >= 4 is 11.8 Å². The molecule has 4 nitrogen and oxygen atoms in total. The summed E-state index contributed by atoms with van der Waals surface area (Å²) in [6.45, 7) is 4.64. The molecule has 1 atom stereocenters. The Balaban J connectivity index is 1.40. The lowest BCUT2D eigenvalue weighted by Gasteiger charge is -2.26. The Hall–Kier alpha value is -1.06. The van der Waals surface area contributed by atoms with Crippen LogP contribution in [-0.4, -0.2) is 36.3 Å². The van der Waals surface area contributed by atoms with Gasteiger partial charge in [-0.05, 0) is 43.4 Å². The van der Waals surface area contributed by atoms with Crippen molar-refractivity contribution in [2.45, 2.75) is 51.9 Å². The molecule has 0 unspecified atom stereocenters. The molecule has 2 amide bonds. The largest absolute Gasteiger partial charge is 0.356 e. The molecule has 1 heterocycles. The highest BCUT2D eigenvalue weighted by Crippen LogP contribution is 2.32. The lowest BCUT2D eigenvalue weighted by molar-refractivity contribution is -0.129. The average molecular weight is 292 g/mol. The van der Waals surface area contributed by atoms with E-state index in [1.165, 1.54) is 38.5 Å². The molecule has 3 fully saturated rings. The number of carbonyl (C=O) groups is 2. The van der Waals surface area contributed by atoms with E-state index in [0.717, 1.165) is 19.0 Å². The Labute approximate surface area is 127 Å². The minimum atomic E-state index is -0.112. The van der Waals surface area contributed by atoms with Gasteiger partial charge in [-0.25, -0.2) is 0 Å². The van der Waals surface area contributed by atoms with Gasteiger partial charge in [0.2, 0.25) is 11.8 Å². The number of likely N-dealkylation sites (tertiary alicyclic amines) is 1. The second-order valence-electron chi connectivity index (χ2n) is 7.51. The number of carbonyl (C=O) groups excluding carboxylic acids is 2. The molecule has 4 heteroatoms. The third kappa shape index (κ3) is 3.98. The molecule has 118 valence electrons. The smallest absolute Gasteiger partial charge is 0.225 e. The van der Waals surface area contributed by atoms with Crippen LogP contribution in [0.15, 0.2) is 0 Å². The fraction of sp³-hybridized carbons (Fsp3) is 0.882. The van der Waals surface area contributed by atoms with Gasteiger partial charge >= 0.3 is 0 Å². The molecule has 1 aliphatic heterocycles. The first kappa shape index (κ1) is 14.9. The molecule has 0 aromatic rings. The number of nitrogens with zero attached hydrogens (tertiary/aromatic N) is 1. The summed E-state index contributed by atoms with van der Waals surface area (Å²) in [6, 6.07) is 0. The first-order chi connectivity index (χ1) is 10.1. The third-order valence-electron chi connectivity index (χ3n) is 5.46. The number of amides is 2. The van der Waals surface area contributed by atoms with Crippen molar-refractivity contribution in [2.75, 3.05) is 19.6 Å². The summed E-state index contributed by atoms with van der Waals surface area (Å²) < 4.78 is 0. The van der Waals surface area contributed by atoms with Gasteiger partial charge in [0.05, 0.1) is 5.92 Å². The van der Waals surface area contributed by atoms with E-state index in [9.17, 15) is 9.59 Å². The minimum Gasteiger partial charge on any atom is -0.356 e. The fourth-order valence-electron chi connectivity index (χ4n) is 3.66. The van der Waals surface area contributed by atoms with Crippen LogP contribution in [0.5, 0.6) is 0 Å². The van der Waals surface area contributed by atoms with Gasteiger partial charge in [0.1, 0.15) is 0 Å². The van der Waals surface area contributed by atoms with Crippen LogP contribution < -0.4 is 5.32 Å². The summed E-state index contributed by atoms with van der Waals surface area (Å²) in [5.74, 6) is 2.36. The van der Waals surface area contributed by atoms with Crippen LogP contribution in [0.25, 0.3) is 0 Å². The van der Waals surface area contributed by atoms with Crippen LogP contribution in [0.2, 0.25) is 0 Å². The van der Waals surface area contributed by atoms with Gasteiger partial charge in [0.15, 0.2) is 0 Å². The summed E-state index contributed by atoms with van der Waals surface area (Å²) in [4.78, 5) is 26.1. The zero-order valence-corrected chi connectivity index (χ0v) is 13.1. The molecule has 0 aromatic carbocycles. The lowest BCUT2D eigenvalue weighted by atomic mass is 9.83. The van der Waals surface area contributed by atoms with Crippen LogP contribution in [0.3, 0.4) is 0 Å². The normalized spacial score (nSPS) is 33.3. The Morgan fingerprint density at radius 1 is 1.14 bits per heavy atom. The minimum absolute atomic E-state index is 0.0975. The summed E-state index contributed by atoms with van der Waals surface area (Å²) in [5.41, 5.74) is 0. The molecule has 0 aromatic heterocycles. The molecule has 3 rings (SSSR count). The molecule has 21 heavy (non-hydrogen) atoms. The molecule has 3 aliphatic rings. The van der Waals surface area contributed by atoms with E-state index in [0.29, 0.717) is 24.8 Å². The third-order valence-corrected chi connectivity index (χ3v) is 5.46. The predicted molar refractivity (Wildman–Crippen MR) is 81.5 cm³/mol. The SMILES string of the molecule is CC1CCC(CNC(=O)[C@@H]2CC(=O)N(CC3CC3)C2)CC1. The maximum Gasteiger partial charge on any atom is 0.225 e. The first-order valence-electron chi connectivity index (χ1n) is 8.67. The molecule has 0 radical (unpaired) electrons. The maximum atomic E-state index is 12.3. The molecule has 0 bridgehead atoms. The van der Waals surface area contributed by atoms with E-state index < -0.39 is 0 Å². The van der Waals surface area contributed by atoms with Gasteiger partial charge in [-0.2, -0.15) is 0 Å². The van der Waals surface area contributed by atoms with Crippen LogP contribution >= 0.6 is 0 Å². The van der Waals surface area contributed by atoms with Crippen LogP contribution in [0.4, 0.5) is 0 Å². The number of rotatable bonds is 5. The first-order valence-corrected chi connectivity index (χ1v) is 8.67. The van der Waals surface area contributed by atoms with E-state index in [1.54, 1.807) is 0 Å². The van der Waals surface area contributed by atoms with E-state index >= 15 is 0 Å². The van der Waals surface area contributed by atoms with Gasteiger partial charge in [-0.3, -0.25) is 9.59 Å². The zero-order chi connectivity index (χ0) is 14.8. The molecular formula is C17H28N2O2. The van der Waals surface area contributed by atoms with Crippen LogP contribution in [0, 0.1) is 23.7 Å². The second-order valence-corrected chi connectivity index (χ2v) is 7.51. The van der Waals surface area contributed by atoms with Gasteiger partial charge in [-0.1, -0.05) is 19.8 Å². The highest BCUT2D eigenvalue weighted by molar-refractivity contribution is 5.89. The van der Waals surface area contributed by atoms with E-state index in [2.05, 4.69) is 12.2 Å². The molecule has 2 saturated carbocycles. The topological polar surface area (TPSA) is 49.4 Å². The van der Waals surface area contributed by atoms with Crippen LogP contribution in [-0.2, 0) is 9.59 Å². The van der Waals surface area contributed by atoms with Crippen molar-refractivity contribution in [3.05, 3.63) is 0 Å². The van der Waals surface area contributed by atoms with Crippen molar-refractivity contribution in [1.29, 1.82) is 0 Å². The van der Waals surface area contributed by atoms with E-state index in [1.807, 2.05) is 4.90 Å². The molecule has 1 saturated heterocycles. The lowest BCUT2D eigenvalue weighted by Crippen LogP contribution is -2.36. The summed E-state index contributed by atoms with van der Waals surface area (Å²) in [7, 11) is 0. The average Bonchev–Trinajstić information content (AvgIpc) is 3.21. The Kier molecular flexibility index (Phi) is 4.51. The highest BCUT2D eigenvalue weighted by Gasteiger charge is 2.37. The standard InChI is InChI=1S/C17H28N2O2/c1-12-2-4-13(5-3-12)9-18-17(21)15-8-16(20)19(11-15)10-14-6-7-14/h12-15H,2-11H2,1H3,(H,18,21)/t12?,13?,15-/m1/s1. The van der Waals surface area contributed by atoms with E-state index in [4.69, 9.17) is 0 Å². The van der Waals surface area contributed by atoms with Crippen molar-refractivity contribution in [2.24, 2.45) is 23.7 Å². The Bertz CT molecular complexity index is 398. The van der Waals surface area contributed by atoms with Crippen molar-refractivity contribution in [3.63, 3.8) is 0 Å². The van der Waals surface area contributed by atoms with Crippen molar-refractivity contribution < 1.29 is 9.59 Å². The molecule has 0 spiro atoms. The maximum absolute atomic E-state index is 12.3. The second kappa shape index (κ2) is 6.37. The predicted octanol–water partition coefficient (Wildman–Crippen LogP) is 2.19. The summed E-state index contributed by atoms with van der Waals surface area (Å²) in [5, 5.41) is 3.10. The van der Waals surface area contributed by atoms with Gasteiger partial charge < -0.3 is 10.2 Å². The van der Waals surface area contributed by atoms with Crippen molar-refractivity contribution in [1.82, 2.24) is 10.2 Å². The van der Waals surface area contributed by atoms with Gasteiger partial charge in [0, 0.05) is 26.1 Å². The van der Waals surface area contributed by atoms with Crippen LogP contribution in [0.1, 0.15) is 51.9 Å². The number of nitrogens with one attached hydrogen (secondary N) is 1.